The third-order valence-corrected chi connectivity index (χ3v) is 5.12. The van der Waals surface area contributed by atoms with Crippen molar-refractivity contribution in [1.82, 2.24) is 9.55 Å². The fourth-order valence-electron chi connectivity index (χ4n) is 3.55. The monoisotopic (exact) mass is 354 g/mol. The molecule has 0 bridgehead atoms. The summed E-state index contributed by atoms with van der Waals surface area (Å²) >= 11 is 0. The molecule has 134 valence electrons. The Kier molecular flexibility index (Phi) is 3.86. The van der Waals surface area contributed by atoms with Gasteiger partial charge in [-0.2, -0.15) is 0 Å². The minimum Gasteiger partial charge on any atom is -0.465 e. The molecular formula is C19H18N2O5. The van der Waals surface area contributed by atoms with Crippen LogP contribution in [0.15, 0.2) is 41.3 Å². The Morgan fingerprint density at radius 3 is 2.65 bits per heavy atom. The lowest BCUT2D eigenvalue weighted by molar-refractivity contribution is -0.149. The molecule has 1 aromatic carbocycles. The Morgan fingerprint density at radius 2 is 2.00 bits per heavy atom. The van der Waals surface area contributed by atoms with E-state index in [4.69, 9.17) is 4.74 Å². The first-order valence-electron chi connectivity index (χ1n) is 8.47. The summed E-state index contributed by atoms with van der Waals surface area (Å²) in [7, 11) is 1.20. The number of hydrogen-bond donors (Lipinski definition) is 0. The number of carbonyl (C=O) groups is 2. The lowest BCUT2D eigenvalue weighted by atomic mass is 10.0. The van der Waals surface area contributed by atoms with Crippen molar-refractivity contribution >= 4 is 11.9 Å². The molecule has 1 fully saturated rings. The summed E-state index contributed by atoms with van der Waals surface area (Å²) in [5, 5.41) is 0. The number of esters is 2. The van der Waals surface area contributed by atoms with E-state index in [1.807, 2.05) is 30.3 Å². The van der Waals surface area contributed by atoms with Crippen LogP contribution in [0.25, 0.3) is 0 Å². The Balaban J connectivity index is 1.64. The van der Waals surface area contributed by atoms with E-state index in [1.165, 1.54) is 17.9 Å². The van der Waals surface area contributed by atoms with Gasteiger partial charge in [0.05, 0.1) is 7.11 Å². The van der Waals surface area contributed by atoms with Gasteiger partial charge in [0.25, 0.3) is 5.56 Å². The van der Waals surface area contributed by atoms with Crippen LogP contribution >= 0.6 is 0 Å². The number of benzene rings is 1. The first kappa shape index (κ1) is 16.5. The van der Waals surface area contributed by atoms with E-state index in [0.29, 0.717) is 12.2 Å². The van der Waals surface area contributed by atoms with Crippen LogP contribution in [0.4, 0.5) is 0 Å². The minimum absolute atomic E-state index is 0.136. The van der Waals surface area contributed by atoms with Gasteiger partial charge in [0.2, 0.25) is 0 Å². The van der Waals surface area contributed by atoms with Crippen molar-refractivity contribution in [2.45, 2.75) is 37.3 Å². The van der Waals surface area contributed by atoms with Crippen LogP contribution in [0, 0.1) is 0 Å². The molecule has 0 amide bonds. The fourth-order valence-corrected chi connectivity index (χ4v) is 3.55. The average molecular weight is 354 g/mol. The van der Waals surface area contributed by atoms with Crippen molar-refractivity contribution in [3.8, 4) is 0 Å². The molecule has 2 heterocycles. The molecule has 1 saturated carbocycles. The maximum Gasteiger partial charge on any atom is 0.345 e. The number of rotatable bonds is 4. The van der Waals surface area contributed by atoms with E-state index >= 15 is 0 Å². The zero-order valence-electron chi connectivity index (χ0n) is 14.3. The molecule has 4 rings (SSSR count). The SMILES string of the molecule is COC(=O)c1cnc2n(c1=O)[C@H](C(=O)OCc1ccccc1)CC21CC1. The number of ether oxygens (including phenoxy) is 2. The molecule has 7 nitrogen and oxygen atoms in total. The lowest BCUT2D eigenvalue weighted by Crippen LogP contribution is -2.33. The Labute approximate surface area is 149 Å². The average Bonchev–Trinajstić information content (AvgIpc) is 3.36. The van der Waals surface area contributed by atoms with Crippen molar-refractivity contribution in [1.29, 1.82) is 0 Å². The van der Waals surface area contributed by atoms with E-state index in [2.05, 4.69) is 9.72 Å². The van der Waals surface area contributed by atoms with Gasteiger partial charge in [0, 0.05) is 11.6 Å². The number of hydrogen-bond acceptors (Lipinski definition) is 6. The van der Waals surface area contributed by atoms with Crippen molar-refractivity contribution in [2.24, 2.45) is 0 Å². The molecule has 0 radical (unpaired) electrons. The summed E-state index contributed by atoms with van der Waals surface area (Å²) in [5.74, 6) is -0.674. The topological polar surface area (TPSA) is 87.5 Å². The van der Waals surface area contributed by atoms with Gasteiger partial charge in [-0.15, -0.1) is 0 Å². The number of fused-ring (bicyclic) bond motifs is 2. The minimum atomic E-state index is -0.763. The van der Waals surface area contributed by atoms with Gasteiger partial charge in [-0.05, 0) is 24.8 Å². The van der Waals surface area contributed by atoms with Gasteiger partial charge in [0.1, 0.15) is 24.0 Å². The molecule has 0 N–H and O–H groups in total. The zero-order valence-corrected chi connectivity index (χ0v) is 14.3. The van der Waals surface area contributed by atoms with E-state index < -0.39 is 23.5 Å². The molecular weight excluding hydrogens is 336 g/mol. The molecule has 0 saturated heterocycles. The second-order valence-electron chi connectivity index (χ2n) is 6.76. The van der Waals surface area contributed by atoms with E-state index in [9.17, 15) is 14.4 Å². The number of nitrogens with zero attached hydrogens (tertiary/aromatic N) is 2. The Morgan fingerprint density at radius 1 is 1.27 bits per heavy atom. The third-order valence-electron chi connectivity index (χ3n) is 5.12. The number of carbonyl (C=O) groups excluding carboxylic acids is 2. The van der Waals surface area contributed by atoms with Crippen molar-refractivity contribution in [3.05, 3.63) is 63.8 Å². The molecule has 7 heteroatoms. The molecule has 2 aromatic rings. The first-order chi connectivity index (χ1) is 12.6. The standard InChI is InChI=1S/C19H18N2O5/c1-25-16(23)13-10-20-18-19(7-8-19)9-14(21(18)15(13)22)17(24)26-11-12-5-3-2-4-6-12/h2-6,10,14H,7-9,11H2,1H3/t14-/m0/s1. The highest BCUT2D eigenvalue weighted by molar-refractivity contribution is 5.88. The molecule has 1 aliphatic heterocycles. The maximum absolute atomic E-state index is 12.8. The molecule has 1 spiro atoms. The van der Waals surface area contributed by atoms with Gasteiger partial charge in [-0.3, -0.25) is 9.36 Å². The highest BCUT2D eigenvalue weighted by Crippen LogP contribution is 2.56. The van der Waals surface area contributed by atoms with Crippen molar-refractivity contribution < 1.29 is 19.1 Å². The zero-order chi connectivity index (χ0) is 18.3. The predicted molar refractivity (Wildman–Crippen MR) is 90.6 cm³/mol. The van der Waals surface area contributed by atoms with Gasteiger partial charge >= 0.3 is 11.9 Å². The van der Waals surface area contributed by atoms with Crippen molar-refractivity contribution in [3.63, 3.8) is 0 Å². The van der Waals surface area contributed by atoms with Crippen LogP contribution < -0.4 is 5.56 Å². The fraction of sp³-hybridized carbons (Fsp3) is 0.368. The van der Waals surface area contributed by atoms with Crippen LogP contribution in [0.1, 0.15) is 47.1 Å². The Bertz CT molecular complexity index is 931. The van der Waals surface area contributed by atoms with Gasteiger partial charge < -0.3 is 9.47 Å². The van der Waals surface area contributed by atoms with Crippen molar-refractivity contribution in [2.75, 3.05) is 7.11 Å². The molecule has 1 aromatic heterocycles. The summed E-state index contributed by atoms with van der Waals surface area (Å²) in [4.78, 5) is 41.6. The first-order valence-corrected chi connectivity index (χ1v) is 8.47. The van der Waals surface area contributed by atoms with Gasteiger partial charge in [0.15, 0.2) is 0 Å². The second-order valence-corrected chi connectivity index (χ2v) is 6.76. The van der Waals surface area contributed by atoms with Crippen LogP contribution in [0.5, 0.6) is 0 Å². The van der Waals surface area contributed by atoms with Crippen LogP contribution in [-0.4, -0.2) is 28.6 Å². The smallest absolute Gasteiger partial charge is 0.345 e. The highest BCUT2D eigenvalue weighted by Gasteiger charge is 2.56. The molecule has 1 aliphatic carbocycles. The summed E-state index contributed by atoms with van der Waals surface area (Å²) in [6.07, 6.45) is 3.48. The maximum atomic E-state index is 12.8. The third kappa shape index (κ3) is 2.60. The highest BCUT2D eigenvalue weighted by atomic mass is 16.5. The van der Waals surface area contributed by atoms with E-state index in [0.717, 1.165) is 18.4 Å². The second kappa shape index (κ2) is 6.09. The number of aromatic nitrogens is 2. The number of methoxy groups -OCH3 is 1. The van der Waals surface area contributed by atoms with Crippen LogP contribution in [0.2, 0.25) is 0 Å². The van der Waals surface area contributed by atoms with Gasteiger partial charge in [-0.25, -0.2) is 14.6 Å². The van der Waals surface area contributed by atoms with Gasteiger partial charge in [-0.1, -0.05) is 30.3 Å². The summed E-state index contributed by atoms with van der Waals surface area (Å²) in [6, 6.07) is 8.58. The Hall–Kier alpha value is -2.96. The molecule has 1 atom stereocenters. The van der Waals surface area contributed by atoms with Crippen LogP contribution in [0.3, 0.4) is 0 Å². The quantitative estimate of drug-likeness (QED) is 0.778. The summed E-state index contributed by atoms with van der Waals surface area (Å²) in [5.41, 5.74) is -0.0966. The molecule has 0 unspecified atom stereocenters. The molecule has 26 heavy (non-hydrogen) atoms. The normalized spacial score (nSPS) is 19.0. The van der Waals surface area contributed by atoms with E-state index in [-0.39, 0.29) is 17.6 Å². The largest absolute Gasteiger partial charge is 0.465 e. The lowest BCUT2D eigenvalue weighted by Gasteiger charge is -2.14. The summed E-state index contributed by atoms with van der Waals surface area (Å²) < 4.78 is 11.4. The molecule has 2 aliphatic rings. The van der Waals surface area contributed by atoms with Crippen LogP contribution in [-0.2, 0) is 26.3 Å². The summed E-state index contributed by atoms with van der Waals surface area (Å²) in [6.45, 7) is 0.136. The van der Waals surface area contributed by atoms with E-state index in [1.54, 1.807) is 0 Å². The predicted octanol–water partition coefficient (Wildman–Crippen LogP) is 1.75.